The van der Waals surface area contributed by atoms with Gasteiger partial charge in [0.15, 0.2) is 5.82 Å². The number of ether oxygens (including phenoxy) is 1. The number of hydrogen-bond acceptors (Lipinski definition) is 6. The van der Waals surface area contributed by atoms with Crippen LogP contribution in [-0.2, 0) is 12.8 Å². The summed E-state index contributed by atoms with van der Waals surface area (Å²) in [6.07, 6.45) is 6.72. The minimum absolute atomic E-state index is 0.0594. The molecule has 3 aromatic rings. The molecule has 1 aliphatic carbocycles. The van der Waals surface area contributed by atoms with Crippen LogP contribution in [0.3, 0.4) is 0 Å². The molecule has 1 aromatic heterocycles. The zero-order chi connectivity index (χ0) is 26.2. The second kappa shape index (κ2) is 12.5. The van der Waals surface area contributed by atoms with E-state index in [4.69, 9.17) is 4.74 Å². The Bertz CT molecular complexity index is 1270. The van der Waals surface area contributed by atoms with E-state index in [0.29, 0.717) is 24.3 Å². The van der Waals surface area contributed by atoms with Crippen molar-refractivity contribution in [3.63, 3.8) is 0 Å². The van der Waals surface area contributed by atoms with Crippen LogP contribution in [0.25, 0.3) is 5.69 Å². The van der Waals surface area contributed by atoms with Crippen LogP contribution >= 0.6 is 0 Å². The molecule has 3 N–H and O–H groups in total. The van der Waals surface area contributed by atoms with Gasteiger partial charge in [0, 0.05) is 36.6 Å². The average Bonchev–Trinajstić information content (AvgIpc) is 3.72. The number of benzene rings is 2. The van der Waals surface area contributed by atoms with Crippen molar-refractivity contribution in [3.8, 4) is 11.4 Å². The van der Waals surface area contributed by atoms with E-state index in [1.165, 1.54) is 0 Å². The number of para-hydroxylation sites is 1. The molecule has 37 heavy (non-hydrogen) atoms. The highest BCUT2D eigenvalue weighted by Gasteiger charge is 2.24. The van der Waals surface area contributed by atoms with E-state index in [0.717, 1.165) is 49.2 Å². The first-order valence-electron chi connectivity index (χ1n) is 13.2. The van der Waals surface area contributed by atoms with E-state index >= 15 is 0 Å². The number of carbonyl (C=O) groups excluding carboxylic acids is 1. The number of amides is 1. The third kappa shape index (κ3) is 6.98. The van der Waals surface area contributed by atoms with Gasteiger partial charge >= 0.3 is 0 Å². The number of carbonyl (C=O) groups is 1. The van der Waals surface area contributed by atoms with E-state index in [-0.39, 0.29) is 29.4 Å². The molecule has 0 radical (unpaired) electrons. The standard InChI is InChI=1S/C29H37N5O3/c1-4-21-10-11-23(28(35)33-24-12-13-24)19-25(21)34-16-14-31-27(29(34)36)32-20(3)18-22-8-6-7-9-26(22)37-17-15-30-5-2/h6-11,14,16,19-20,24,30H,4-5,12-13,15,17-18H2,1-3H3,(H,31,32)(H,33,35). The van der Waals surface area contributed by atoms with E-state index in [1.807, 2.05) is 50.2 Å². The van der Waals surface area contributed by atoms with Gasteiger partial charge in [0.1, 0.15) is 12.4 Å². The van der Waals surface area contributed by atoms with Gasteiger partial charge in [-0.2, -0.15) is 0 Å². The average molecular weight is 504 g/mol. The number of anilines is 1. The van der Waals surface area contributed by atoms with Crippen LogP contribution in [0, 0.1) is 0 Å². The normalized spacial score (nSPS) is 13.7. The Morgan fingerprint density at radius 1 is 1.16 bits per heavy atom. The molecule has 196 valence electrons. The molecule has 1 aliphatic rings. The third-order valence-corrected chi connectivity index (χ3v) is 6.41. The van der Waals surface area contributed by atoms with Crippen molar-refractivity contribution >= 4 is 11.7 Å². The van der Waals surface area contributed by atoms with E-state index in [1.54, 1.807) is 23.0 Å². The first-order chi connectivity index (χ1) is 18.0. The summed E-state index contributed by atoms with van der Waals surface area (Å²) in [7, 11) is 0. The van der Waals surface area contributed by atoms with Crippen LogP contribution < -0.4 is 26.2 Å². The highest BCUT2D eigenvalue weighted by Crippen LogP contribution is 2.22. The van der Waals surface area contributed by atoms with Crippen molar-refractivity contribution < 1.29 is 9.53 Å². The van der Waals surface area contributed by atoms with Crippen LogP contribution in [0.5, 0.6) is 5.75 Å². The molecule has 4 rings (SSSR count). The summed E-state index contributed by atoms with van der Waals surface area (Å²) in [5.41, 5.74) is 3.06. The highest BCUT2D eigenvalue weighted by molar-refractivity contribution is 5.95. The van der Waals surface area contributed by atoms with Crippen LogP contribution in [0.15, 0.2) is 59.7 Å². The lowest BCUT2D eigenvalue weighted by molar-refractivity contribution is 0.0951. The lowest BCUT2D eigenvalue weighted by Crippen LogP contribution is -2.29. The van der Waals surface area contributed by atoms with Crippen LogP contribution in [0.1, 0.15) is 55.1 Å². The number of aromatic nitrogens is 2. The van der Waals surface area contributed by atoms with Gasteiger partial charge in [-0.1, -0.05) is 38.1 Å². The Morgan fingerprint density at radius 3 is 2.73 bits per heavy atom. The van der Waals surface area contributed by atoms with Crippen LogP contribution in [-0.4, -0.2) is 47.2 Å². The van der Waals surface area contributed by atoms with Gasteiger partial charge in [-0.05, 0) is 68.5 Å². The van der Waals surface area contributed by atoms with Crippen molar-refractivity contribution in [1.82, 2.24) is 20.2 Å². The molecule has 1 fully saturated rings. The maximum Gasteiger partial charge on any atom is 0.297 e. The molecule has 0 aliphatic heterocycles. The summed E-state index contributed by atoms with van der Waals surface area (Å²) in [6, 6.07) is 13.7. The summed E-state index contributed by atoms with van der Waals surface area (Å²) in [5.74, 6) is 1.02. The van der Waals surface area contributed by atoms with Crippen molar-refractivity contribution in [2.45, 2.75) is 58.5 Å². The van der Waals surface area contributed by atoms with Crippen LogP contribution in [0.2, 0.25) is 0 Å². The Hall–Kier alpha value is -3.65. The second-order valence-electron chi connectivity index (χ2n) is 9.46. The maximum atomic E-state index is 13.5. The zero-order valence-corrected chi connectivity index (χ0v) is 21.9. The summed E-state index contributed by atoms with van der Waals surface area (Å²) in [6.45, 7) is 8.41. The molecule has 0 saturated heterocycles. The monoisotopic (exact) mass is 503 g/mol. The molecule has 0 bridgehead atoms. The van der Waals surface area contributed by atoms with Gasteiger partial charge in [-0.25, -0.2) is 4.98 Å². The summed E-state index contributed by atoms with van der Waals surface area (Å²) >= 11 is 0. The number of likely N-dealkylation sites (N-methyl/N-ethyl adjacent to an activating group) is 1. The van der Waals surface area contributed by atoms with E-state index in [2.05, 4.69) is 27.9 Å². The Kier molecular flexibility index (Phi) is 8.95. The molecule has 8 heteroatoms. The predicted molar refractivity (Wildman–Crippen MR) is 147 cm³/mol. The zero-order valence-electron chi connectivity index (χ0n) is 21.9. The summed E-state index contributed by atoms with van der Waals surface area (Å²) in [4.78, 5) is 30.4. The Labute approximate surface area is 218 Å². The number of rotatable bonds is 13. The first-order valence-corrected chi connectivity index (χ1v) is 13.2. The fourth-order valence-corrected chi connectivity index (χ4v) is 4.26. The summed E-state index contributed by atoms with van der Waals surface area (Å²) in [5, 5.41) is 9.57. The van der Waals surface area contributed by atoms with Crippen molar-refractivity contribution in [1.29, 1.82) is 0 Å². The Balaban J connectivity index is 1.51. The number of hydrogen-bond donors (Lipinski definition) is 3. The molecule has 1 unspecified atom stereocenters. The van der Waals surface area contributed by atoms with Crippen LogP contribution in [0.4, 0.5) is 5.82 Å². The minimum Gasteiger partial charge on any atom is -0.492 e. The molecule has 2 aromatic carbocycles. The molecule has 1 atom stereocenters. The molecular formula is C29H37N5O3. The smallest absolute Gasteiger partial charge is 0.297 e. The largest absolute Gasteiger partial charge is 0.492 e. The van der Waals surface area contributed by atoms with Gasteiger partial charge in [-0.3, -0.25) is 14.2 Å². The third-order valence-electron chi connectivity index (χ3n) is 6.41. The summed E-state index contributed by atoms with van der Waals surface area (Å²) < 4.78 is 7.55. The lowest BCUT2D eigenvalue weighted by atomic mass is 10.1. The van der Waals surface area contributed by atoms with Gasteiger partial charge < -0.3 is 20.7 Å². The quantitative estimate of drug-likeness (QED) is 0.308. The fourth-order valence-electron chi connectivity index (χ4n) is 4.26. The second-order valence-corrected chi connectivity index (χ2v) is 9.46. The van der Waals surface area contributed by atoms with E-state index < -0.39 is 0 Å². The number of aryl methyl sites for hydroxylation is 1. The number of nitrogens with one attached hydrogen (secondary N) is 3. The molecule has 1 heterocycles. The Morgan fingerprint density at radius 2 is 1.97 bits per heavy atom. The van der Waals surface area contributed by atoms with Gasteiger partial charge in [0.25, 0.3) is 11.5 Å². The predicted octanol–water partition coefficient (Wildman–Crippen LogP) is 3.72. The van der Waals surface area contributed by atoms with E-state index in [9.17, 15) is 9.59 Å². The highest BCUT2D eigenvalue weighted by atomic mass is 16.5. The maximum absolute atomic E-state index is 13.5. The molecular weight excluding hydrogens is 466 g/mol. The minimum atomic E-state index is -0.251. The lowest BCUT2D eigenvalue weighted by Gasteiger charge is -2.18. The van der Waals surface area contributed by atoms with Crippen molar-refractivity contribution in [3.05, 3.63) is 81.9 Å². The SMILES string of the molecule is CCNCCOc1ccccc1CC(C)Nc1nccn(-c2cc(C(=O)NC3CC3)ccc2CC)c1=O. The topological polar surface area (TPSA) is 97.3 Å². The first kappa shape index (κ1) is 26.4. The fraction of sp³-hybridized carbons (Fsp3) is 0.414. The molecule has 0 spiro atoms. The molecule has 1 saturated carbocycles. The number of nitrogens with zero attached hydrogens (tertiary/aromatic N) is 2. The van der Waals surface area contributed by atoms with Gasteiger partial charge in [0.2, 0.25) is 0 Å². The van der Waals surface area contributed by atoms with Gasteiger partial charge in [-0.15, -0.1) is 0 Å². The molecule has 1 amide bonds. The van der Waals surface area contributed by atoms with Crippen molar-refractivity contribution in [2.75, 3.05) is 25.0 Å². The molecule has 8 nitrogen and oxygen atoms in total. The van der Waals surface area contributed by atoms with Gasteiger partial charge in [0.05, 0.1) is 5.69 Å². The van der Waals surface area contributed by atoms with Crippen molar-refractivity contribution in [2.24, 2.45) is 0 Å².